The van der Waals surface area contributed by atoms with E-state index < -0.39 is 5.60 Å². The Labute approximate surface area is 121 Å². The second kappa shape index (κ2) is 7.41. The van der Waals surface area contributed by atoms with Crippen molar-refractivity contribution in [3.8, 4) is 0 Å². The average Bonchev–Trinajstić information content (AvgIpc) is 2.35. The van der Waals surface area contributed by atoms with Crippen LogP contribution < -0.4 is 11.1 Å². The molecule has 1 unspecified atom stereocenters. The molecule has 2 atom stereocenters. The molecule has 0 fully saturated rings. The van der Waals surface area contributed by atoms with Crippen LogP contribution in [0.2, 0.25) is 0 Å². The lowest BCUT2D eigenvalue weighted by Gasteiger charge is -2.23. The first-order chi connectivity index (χ1) is 9.28. The molecule has 0 saturated carbocycles. The summed E-state index contributed by atoms with van der Waals surface area (Å²) in [6, 6.07) is 9.71. The highest BCUT2D eigenvalue weighted by Crippen LogP contribution is 2.08. The zero-order valence-electron chi connectivity index (χ0n) is 12.8. The predicted molar refractivity (Wildman–Crippen MR) is 81.4 cm³/mol. The third-order valence-electron chi connectivity index (χ3n) is 2.79. The molecule has 0 aliphatic heterocycles. The Morgan fingerprint density at radius 3 is 2.45 bits per heavy atom. The Hall–Kier alpha value is -1.39. The summed E-state index contributed by atoms with van der Waals surface area (Å²) in [5, 5.41) is 3.13. The molecule has 0 saturated heterocycles. The maximum Gasteiger partial charge on any atom is 0.323 e. The van der Waals surface area contributed by atoms with Crippen molar-refractivity contribution < 1.29 is 9.53 Å². The van der Waals surface area contributed by atoms with Crippen LogP contribution in [0, 0.1) is 0 Å². The molecular formula is C16H26N2O2. The largest absolute Gasteiger partial charge is 0.459 e. The van der Waals surface area contributed by atoms with E-state index in [1.54, 1.807) is 6.92 Å². The van der Waals surface area contributed by atoms with Crippen LogP contribution in [0.4, 0.5) is 0 Å². The maximum atomic E-state index is 11.8. The lowest BCUT2D eigenvalue weighted by atomic mass is 10.1. The van der Waals surface area contributed by atoms with E-state index >= 15 is 0 Å². The summed E-state index contributed by atoms with van der Waals surface area (Å²) < 4.78 is 5.31. The van der Waals surface area contributed by atoms with Crippen LogP contribution >= 0.6 is 0 Å². The lowest BCUT2D eigenvalue weighted by Crippen LogP contribution is -2.45. The Morgan fingerprint density at radius 2 is 1.90 bits per heavy atom. The van der Waals surface area contributed by atoms with Crippen molar-refractivity contribution in [1.29, 1.82) is 0 Å². The molecule has 4 nitrogen and oxygen atoms in total. The fourth-order valence-electron chi connectivity index (χ4n) is 1.79. The number of nitrogens with one attached hydrogen (secondary N) is 1. The smallest absolute Gasteiger partial charge is 0.323 e. The van der Waals surface area contributed by atoms with Crippen molar-refractivity contribution in [2.45, 2.75) is 51.8 Å². The number of hydrogen-bond acceptors (Lipinski definition) is 4. The van der Waals surface area contributed by atoms with Crippen LogP contribution in [-0.2, 0) is 16.0 Å². The molecule has 3 N–H and O–H groups in total. The molecule has 0 aliphatic rings. The van der Waals surface area contributed by atoms with Gasteiger partial charge < -0.3 is 15.8 Å². The maximum absolute atomic E-state index is 11.8. The summed E-state index contributed by atoms with van der Waals surface area (Å²) in [6.07, 6.45) is 0.787. The monoisotopic (exact) mass is 278 g/mol. The minimum atomic E-state index is -0.459. The van der Waals surface area contributed by atoms with E-state index in [4.69, 9.17) is 10.5 Å². The van der Waals surface area contributed by atoms with Gasteiger partial charge in [-0.3, -0.25) is 4.79 Å². The van der Waals surface area contributed by atoms with E-state index in [0.29, 0.717) is 6.54 Å². The number of nitrogens with two attached hydrogens (primary N) is 1. The molecule has 0 aromatic heterocycles. The van der Waals surface area contributed by atoms with Crippen molar-refractivity contribution in [3.05, 3.63) is 35.9 Å². The van der Waals surface area contributed by atoms with Gasteiger partial charge in [0.2, 0.25) is 0 Å². The van der Waals surface area contributed by atoms with E-state index in [-0.39, 0.29) is 18.1 Å². The summed E-state index contributed by atoms with van der Waals surface area (Å²) in [5.74, 6) is -0.246. The molecule has 112 valence electrons. The van der Waals surface area contributed by atoms with E-state index in [1.807, 2.05) is 39.0 Å². The number of carbonyl (C=O) groups excluding carboxylic acids is 1. The fraction of sp³-hybridized carbons (Fsp3) is 0.562. The second-order valence-electron chi connectivity index (χ2n) is 6.11. The number of esters is 1. The highest BCUT2D eigenvalue weighted by Gasteiger charge is 2.21. The van der Waals surface area contributed by atoms with Crippen molar-refractivity contribution >= 4 is 5.97 Å². The molecule has 1 aromatic carbocycles. The molecule has 0 amide bonds. The van der Waals surface area contributed by atoms with Crippen molar-refractivity contribution in [3.63, 3.8) is 0 Å². The normalized spacial score (nSPS) is 14.7. The predicted octanol–water partition coefficient (Wildman–Crippen LogP) is 1.88. The molecule has 0 aliphatic carbocycles. The Balaban J connectivity index is 2.33. The van der Waals surface area contributed by atoms with Gasteiger partial charge in [0.1, 0.15) is 11.6 Å². The minimum Gasteiger partial charge on any atom is -0.459 e. The van der Waals surface area contributed by atoms with Gasteiger partial charge in [0.05, 0.1) is 0 Å². The van der Waals surface area contributed by atoms with Gasteiger partial charge in [0, 0.05) is 12.6 Å². The SMILES string of the molecule is CC(NC[C@@H](N)Cc1ccccc1)C(=O)OC(C)(C)C. The first-order valence-corrected chi connectivity index (χ1v) is 7.03. The molecule has 4 heteroatoms. The molecule has 1 aromatic rings. The van der Waals surface area contributed by atoms with Gasteiger partial charge in [-0.15, -0.1) is 0 Å². The van der Waals surface area contributed by atoms with Gasteiger partial charge in [0.25, 0.3) is 0 Å². The standard InChI is InChI=1S/C16H26N2O2/c1-12(15(19)20-16(2,3)4)18-11-14(17)10-13-8-6-5-7-9-13/h5-9,12,14,18H,10-11,17H2,1-4H3/t12?,14-/m0/s1. The summed E-state index contributed by atoms with van der Waals surface area (Å²) in [7, 11) is 0. The van der Waals surface area contributed by atoms with Crippen LogP contribution in [0.5, 0.6) is 0 Å². The van der Waals surface area contributed by atoms with Gasteiger partial charge in [-0.1, -0.05) is 30.3 Å². The fourth-order valence-corrected chi connectivity index (χ4v) is 1.79. The van der Waals surface area contributed by atoms with E-state index in [0.717, 1.165) is 6.42 Å². The zero-order chi connectivity index (χ0) is 15.2. The van der Waals surface area contributed by atoms with Crippen LogP contribution in [0.3, 0.4) is 0 Å². The number of carbonyl (C=O) groups is 1. The summed E-state index contributed by atoms with van der Waals surface area (Å²) in [5.41, 5.74) is 6.81. The third-order valence-corrected chi connectivity index (χ3v) is 2.79. The van der Waals surface area contributed by atoms with Crippen molar-refractivity contribution in [2.24, 2.45) is 5.73 Å². The topological polar surface area (TPSA) is 64.3 Å². The molecular weight excluding hydrogens is 252 g/mol. The highest BCUT2D eigenvalue weighted by molar-refractivity contribution is 5.75. The molecule has 0 radical (unpaired) electrons. The number of benzene rings is 1. The second-order valence-corrected chi connectivity index (χ2v) is 6.11. The Kier molecular flexibility index (Phi) is 6.17. The number of rotatable bonds is 6. The first-order valence-electron chi connectivity index (χ1n) is 7.03. The van der Waals surface area contributed by atoms with Crippen LogP contribution in [-0.4, -0.2) is 30.2 Å². The van der Waals surface area contributed by atoms with E-state index in [1.165, 1.54) is 5.56 Å². The Morgan fingerprint density at radius 1 is 1.30 bits per heavy atom. The summed E-state index contributed by atoms with van der Waals surface area (Å²) >= 11 is 0. The molecule has 0 heterocycles. The van der Waals surface area contributed by atoms with Crippen LogP contribution in [0.1, 0.15) is 33.3 Å². The van der Waals surface area contributed by atoms with Gasteiger partial charge in [0.15, 0.2) is 0 Å². The van der Waals surface area contributed by atoms with Crippen molar-refractivity contribution in [1.82, 2.24) is 5.32 Å². The molecule has 20 heavy (non-hydrogen) atoms. The minimum absolute atomic E-state index is 0.0257. The van der Waals surface area contributed by atoms with Crippen LogP contribution in [0.15, 0.2) is 30.3 Å². The van der Waals surface area contributed by atoms with Gasteiger partial charge >= 0.3 is 5.97 Å². The molecule has 0 bridgehead atoms. The lowest BCUT2D eigenvalue weighted by molar-refractivity contribution is -0.156. The molecule has 0 spiro atoms. The van der Waals surface area contributed by atoms with Gasteiger partial charge in [-0.2, -0.15) is 0 Å². The van der Waals surface area contributed by atoms with Gasteiger partial charge in [-0.05, 0) is 39.7 Å². The van der Waals surface area contributed by atoms with Crippen molar-refractivity contribution in [2.75, 3.05) is 6.54 Å². The summed E-state index contributed by atoms with van der Waals surface area (Å²) in [6.45, 7) is 7.95. The summed E-state index contributed by atoms with van der Waals surface area (Å²) in [4.78, 5) is 11.8. The van der Waals surface area contributed by atoms with E-state index in [2.05, 4.69) is 17.4 Å². The number of ether oxygens (including phenoxy) is 1. The highest BCUT2D eigenvalue weighted by atomic mass is 16.6. The molecule has 1 rings (SSSR count). The third kappa shape index (κ3) is 6.68. The number of hydrogen-bond donors (Lipinski definition) is 2. The average molecular weight is 278 g/mol. The van der Waals surface area contributed by atoms with E-state index in [9.17, 15) is 4.79 Å². The first kappa shape index (κ1) is 16.7. The van der Waals surface area contributed by atoms with Crippen LogP contribution in [0.25, 0.3) is 0 Å². The van der Waals surface area contributed by atoms with Gasteiger partial charge in [-0.25, -0.2) is 0 Å². The quantitative estimate of drug-likeness (QED) is 0.780. The Bertz CT molecular complexity index is 412. The zero-order valence-corrected chi connectivity index (χ0v) is 12.8.